The Kier molecular flexibility index (Phi) is 5.78. The standard InChI is InChI=1S/C22H25N3O2/c1-16-4-5-19(14-17(16)2)22(26)25-12-10-24(11-13-25)21(15-23)18-6-8-20(27-3)9-7-18/h4-9,14,21H,10-13H2,1-3H3. The first-order valence-electron chi connectivity index (χ1n) is 9.17. The Morgan fingerprint density at radius 2 is 1.70 bits per heavy atom. The van der Waals surface area contributed by atoms with Crippen LogP contribution in [0.2, 0.25) is 0 Å². The molecule has 2 aromatic carbocycles. The molecule has 1 aliphatic rings. The van der Waals surface area contributed by atoms with Crippen molar-refractivity contribution in [3.8, 4) is 11.8 Å². The lowest BCUT2D eigenvalue weighted by Gasteiger charge is -2.37. The summed E-state index contributed by atoms with van der Waals surface area (Å²) >= 11 is 0. The molecule has 2 aromatic rings. The second kappa shape index (κ2) is 8.24. The van der Waals surface area contributed by atoms with Gasteiger partial charge >= 0.3 is 0 Å². The van der Waals surface area contributed by atoms with Crippen LogP contribution in [0.4, 0.5) is 0 Å². The van der Waals surface area contributed by atoms with Crippen LogP contribution in [0.5, 0.6) is 5.75 Å². The van der Waals surface area contributed by atoms with Crippen LogP contribution in [0.3, 0.4) is 0 Å². The molecule has 1 saturated heterocycles. The number of methoxy groups -OCH3 is 1. The topological polar surface area (TPSA) is 56.6 Å². The number of nitriles is 1. The molecule has 3 rings (SSSR count). The van der Waals surface area contributed by atoms with E-state index in [0.717, 1.165) is 22.4 Å². The summed E-state index contributed by atoms with van der Waals surface area (Å²) in [6.45, 7) is 6.68. The predicted octanol–water partition coefficient (Wildman–Crippen LogP) is 3.33. The fourth-order valence-corrected chi connectivity index (χ4v) is 3.39. The molecule has 0 aliphatic carbocycles. The molecule has 1 heterocycles. The smallest absolute Gasteiger partial charge is 0.253 e. The van der Waals surface area contributed by atoms with Gasteiger partial charge in [0, 0.05) is 31.7 Å². The van der Waals surface area contributed by atoms with Gasteiger partial charge in [0.05, 0.1) is 13.2 Å². The van der Waals surface area contributed by atoms with E-state index in [1.54, 1.807) is 7.11 Å². The Labute approximate surface area is 160 Å². The number of aryl methyl sites for hydroxylation is 2. The van der Waals surface area contributed by atoms with Gasteiger partial charge in [-0.1, -0.05) is 18.2 Å². The summed E-state index contributed by atoms with van der Waals surface area (Å²) in [5, 5.41) is 9.66. The number of hydrogen-bond acceptors (Lipinski definition) is 4. The van der Waals surface area contributed by atoms with Crippen molar-refractivity contribution in [2.75, 3.05) is 33.3 Å². The van der Waals surface area contributed by atoms with E-state index in [1.807, 2.05) is 61.2 Å². The molecule has 0 bridgehead atoms. The van der Waals surface area contributed by atoms with Crippen LogP contribution in [-0.2, 0) is 0 Å². The monoisotopic (exact) mass is 363 g/mol. The number of nitrogens with zero attached hydrogens (tertiary/aromatic N) is 3. The lowest BCUT2D eigenvalue weighted by atomic mass is 10.0. The van der Waals surface area contributed by atoms with Gasteiger partial charge in [-0.2, -0.15) is 5.26 Å². The Bertz CT molecular complexity index is 847. The van der Waals surface area contributed by atoms with Gasteiger partial charge < -0.3 is 9.64 Å². The van der Waals surface area contributed by atoms with Crippen molar-refractivity contribution in [1.82, 2.24) is 9.80 Å². The molecule has 1 atom stereocenters. The number of amides is 1. The molecule has 1 amide bonds. The number of ether oxygens (including phenoxy) is 1. The first-order chi connectivity index (χ1) is 13.0. The Morgan fingerprint density at radius 1 is 1.04 bits per heavy atom. The van der Waals surface area contributed by atoms with Gasteiger partial charge in [-0.15, -0.1) is 0 Å². The van der Waals surface area contributed by atoms with Crippen molar-refractivity contribution in [2.45, 2.75) is 19.9 Å². The second-order valence-corrected chi connectivity index (χ2v) is 6.93. The molecule has 0 saturated carbocycles. The van der Waals surface area contributed by atoms with E-state index in [0.29, 0.717) is 26.2 Å². The summed E-state index contributed by atoms with van der Waals surface area (Å²) in [4.78, 5) is 16.8. The number of piperazine rings is 1. The van der Waals surface area contributed by atoms with Gasteiger partial charge in [0.25, 0.3) is 5.91 Å². The highest BCUT2D eigenvalue weighted by Gasteiger charge is 2.27. The van der Waals surface area contributed by atoms with Gasteiger partial charge in [0.1, 0.15) is 11.8 Å². The number of rotatable bonds is 4. The fourth-order valence-electron chi connectivity index (χ4n) is 3.39. The van der Waals surface area contributed by atoms with E-state index in [1.165, 1.54) is 5.56 Å². The van der Waals surface area contributed by atoms with Crippen molar-refractivity contribution in [2.24, 2.45) is 0 Å². The third-order valence-electron chi connectivity index (χ3n) is 5.27. The highest BCUT2D eigenvalue weighted by molar-refractivity contribution is 5.94. The minimum absolute atomic E-state index is 0.0655. The average Bonchev–Trinajstić information content (AvgIpc) is 2.71. The molecule has 0 radical (unpaired) electrons. The van der Waals surface area contributed by atoms with E-state index in [4.69, 9.17) is 4.74 Å². The van der Waals surface area contributed by atoms with E-state index >= 15 is 0 Å². The minimum atomic E-state index is -0.310. The van der Waals surface area contributed by atoms with Crippen molar-refractivity contribution in [3.05, 3.63) is 64.7 Å². The number of carbonyl (C=O) groups excluding carboxylic acids is 1. The highest BCUT2D eigenvalue weighted by Crippen LogP contribution is 2.24. The largest absolute Gasteiger partial charge is 0.497 e. The Morgan fingerprint density at radius 3 is 2.26 bits per heavy atom. The molecular weight excluding hydrogens is 338 g/mol. The lowest BCUT2D eigenvalue weighted by Crippen LogP contribution is -2.49. The summed E-state index contributed by atoms with van der Waals surface area (Å²) < 4.78 is 5.19. The van der Waals surface area contributed by atoms with Gasteiger partial charge in [0.15, 0.2) is 0 Å². The maximum atomic E-state index is 12.8. The van der Waals surface area contributed by atoms with E-state index in [-0.39, 0.29) is 11.9 Å². The van der Waals surface area contributed by atoms with Crippen LogP contribution >= 0.6 is 0 Å². The van der Waals surface area contributed by atoms with Gasteiger partial charge in [-0.25, -0.2) is 0 Å². The van der Waals surface area contributed by atoms with E-state index < -0.39 is 0 Å². The molecule has 0 N–H and O–H groups in total. The van der Waals surface area contributed by atoms with Crippen LogP contribution in [0.15, 0.2) is 42.5 Å². The molecule has 0 aromatic heterocycles. The SMILES string of the molecule is COc1ccc(C(C#N)N2CCN(C(=O)c3ccc(C)c(C)c3)CC2)cc1. The Hall–Kier alpha value is -2.84. The van der Waals surface area contributed by atoms with Crippen LogP contribution < -0.4 is 4.74 Å². The van der Waals surface area contributed by atoms with Crippen LogP contribution in [0.1, 0.15) is 33.1 Å². The van der Waals surface area contributed by atoms with Crippen molar-refractivity contribution in [3.63, 3.8) is 0 Å². The number of carbonyl (C=O) groups is 1. The normalized spacial score (nSPS) is 15.9. The maximum absolute atomic E-state index is 12.8. The van der Waals surface area contributed by atoms with Gasteiger partial charge in [-0.05, 0) is 54.8 Å². The molecule has 0 spiro atoms. The van der Waals surface area contributed by atoms with Crippen LogP contribution in [-0.4, -0.2) is 49.0 Å². The number of benzene rings is 2. The molecule has 5 heteroatoms. The van der Waals surface area contributed by atoms with Crippen LogP contribution in [0.25, 0.3) is 0 Å². The van der Waals surface area contributed by atoms with Crippen molar-refractivity contribution < 1.29 is 9.53 Å². The summed E-state index contributed by atoms with van der Waals surface area (Å²) in [5.41, 5.74) is 4.00. The first kappa shape index (κ1) is 18.9. The second-order valence-electron chi connectivity index (χ2n) is 6.93. The summed E-state index contributed by atoms with van der Waals surface area (Å²) in [5.74, 6) is 0.843. The zero-order valence-corrected chi connectivity index (χ0v) is 16.1. The third kappa shape index (κ3) is 4.12. The summed E-state index contributed by atoms with van der Waals surface area (Å²) in [6.07, 6.45) is 0. The molecule has 1 unspecified atom stereocenters. The molecule has 1 aliphatic heterocycles. The van der Waals surface area contributed by atoms with E-state index in [9.17, 15) is 10.1 Å². The van der Waals surface area contributed by atoms with Gasteiger partial charge in [-0.3, -0.25) is 9.69 Å². The van der Waals surface area contributed by atoms with Crippen molar-refractivity contribution >= 4 is 5.91 Å². The van der Waals surface area contributed by atoms with Crippen LogP contribution in [0, 0.1) is 25.2 Å². The minimum Gasteiger partial charge on any atom is -0.497 e. The summed E-state index contributed by atoms with van der Waals surface area (Å²) in [6, 6.07) is 15.5. The maximum Gasteiger partial charge on any atom is 0.253 e. The Balaban J connectivity index is 1.65. The summed E-state index contributed by atoms with van der Waals surface area (Å²) in [7, 11) is 1.63. The quantitative estimate of drug-likeness (QED) is 0.836. The molecular formula is C22H25N3O2. The number of hydrogen-bond donors (Lipinski definition) is 0. The van der Waals surface area contributed by atoms with Crippen molar-refractivity contribution in [1.29, 1.82) is 5.26 Å². The predicted molar refractivity (Wildman–Crippen MR) is 105 cm³/mol. The molecule has 5 nitrogen and oxygen atoms in total. The molecule has 1 fully saturated rings. The third-order valence-corrected chi connectivity index (χ3v) is 5.27. The first-order valence-corrected chi connectivity index (χ1v) is 9.17. The average molecular weight is 363 g/mol. The molecule has 27 heavy (non-hydrogen) atoms. The fraction of sp³-hybridized carbons (Fsp3) is 0.364. The van der Waals surface area contributed by atoms with E-state index in [2.05, 4.69) is 11.0 Å². The molecule has 140 valence electrons. The lowest BCUT2D eigenvalue weighted by molar-refractivity contribution is 0.0606. The highest BCUT2D eigenvalue weighted by atomic mass is 16.5. The zero-order valence-electron chi connectivity index (χ0n) is 16.1. The van der Waals surface area contributed by atoms with Gasteiger partial charge in [0.2, 0.25) is 0 Å². The zero-order chi connectivity index (χ0) is 19.4.